The maximum atomic E-state index is 13.2. The van der Waals surface area contributed by atoms with Crippen LogP contribution in [-0.4, -0.2) is 41.0 Å². The molecule has 1 aliphatic heterocycles. The van der Waals surface area contributed by atoms with E-state index < -0.39 is 17.7 Å². The van der Waals surface area contributed by atoms with E-state index in [9.17, 15) is 14.7 Å². The molecule has 1 N–H and O–H groups in total. The van der Waals surface area contributed by atoms with Crippen LogP contribution in [0.3, 0.4) is 0 Å². The molecular weight excluding hydrogens is 486 g/mol. The van der Waals surface area contributed by atoms with Gasteiger partial charge in [0.2, 0.25) is 0 Å². The van der Waals surface area contributed by atoms with Gasteiger partial charge in [0.1, 0.15) is 17.3 Å². The minimum Gasteiger partial charge on any atom is -0.507 e. The summed E-state index contributed by atoms with van der Waals surface area (Å²) in [6, 6.07) is 11.8. The summed E-state index contributed by atoms with van der Waals surface area (Å²) in [5, 5.41) is 11.3. The third-order valence-electron chi connectivity index (χ3n) is 6.19. The van der Waals surface area contributed by atoms with E-state index in [1.54, 1.807) is 30.2 Å². The molecular formula is C26H28BrNO5. The maximum Gasteiger partial charge on any atom is 0.295 e. The second kappa shape index (κ2) is 9.59. The number of aliphatic hydroxyl groups is 1. The number of halogens is 1. The molecule has 0 spiro atoms. The molecule has 33 heavy (non-hydrogen) atoms. The standard InChI is InChI=1S/C26H28BrNO5/c1-15(2)33-19-11-8-16(9-12-19)23-22(24(29)17-10-13-21(32-3)20(27)14-17)25(30)26(31)28(23)18-6-4-5-7-18/h8-15,18,23,29H,4-7H2,1-3H3/b24-22-. The van der Waals surface area contributed by atoms with E-state index in [-0.39, 0.29) is 23.5 Å². The fourth-order valence-corrected chi connectivity index (χ4v) is 5.25. The number of nitrogens with zero attached hydrogens (tertiary/aromatic N) is 1. The van der Waals surface area contributed by atoms with E-state index in [4.69, 9.17) is 9.47 Å². The van der Waals surface area contributed by atoms with Crippen molar-refractivity contribution in [3.63, 3.8) is 0 Å². The molecule has 1 unspecified atom stereocenters. The second-order valence-electron chi connectivity index (χ2n) is 8.73. The quantitative estimate of drug-likeness (QED) is 0.308. The number of rotatable bonds is 6. The Labute approximate surface area is 202 Å². The highest BCUT2D eigenvalue weighted by molar-refractivity contribution is 9.10. The summed E-state index contributed by atoms with van der Waals surface area (Å²) in [7, 11) is 1.55. The van der Waals surface area contributed by atoms with Crippen LogP contribution in [0.2, 0.25) is 0 Å². The van der Waals surface area contributed by atoms with Gasteiger partial charge in [0, 0.05) is 11.6 Å². The van der Waals surface area contributed by atoms with Gasteiger partial charge in [0.05, 0.1) is 29.3 Å². The number of hydrogen-bond acceptors (Lipinski definition) is 5. The molecule has 0 radical (unpaired) electrons. The zero-order chi connectivity index (χ0) is 23.7. The summed E-state index contributed by atoms with van der Waals surface area (Å²) < 4.78 is 11.7. The Kier molecular flexibility index (Phi) is 6.79. The van der Waals surface area contributed by atoms with Crippen LogP contribution in [0.4, 0.5) is 0 Å². The highest BCUT2D eigenvalue weighted by Gasteiger charge is 2.49. The summed E-state index contributed by atoms with van der Waals surface area (Å²) >= 11 is 3.43. The molecule has 4 rings (SSSR count). The van der Waals surface area contributed by atoms with Crippen molar-refractivity contribution < 1.29 is 24.2 Å². The molecule has 1 saturated carbocycles. The molecule has 0 aromatic heterocycles. The molecule has 2 fully saturated rings. The first-order valence-electron chi connectivity index (χ1n) is 11.2. The minimum atomic E-state index is -0.654. The summed E-state index contributed by atoms with van der Waals surface area (Å²) in [6.07, 6.45) is 3.78. The van der Waals surface area contributed by atoms with Crippen molar-refractivity contribution in [1.29, 1.82) is 0 Å². The molecule has 174 valence electrons. The fraction of sp³-hybridized carbons (Fsp3) is 0.385. The Hall–Kier alpha value is -2.80. The van der Waals surface area contributed by atoms with Gasteiger partial charge in [-0.2, -0.15) is 0 Å². The first-order chi connectivity index (χ1) is 15.8. The van der Waals surface area contributed by atoms with Gasteiger partial charge in [-0.05, 0) is 78.5 Å². The van der Waals surface area contributed by atoms with Crippen molar-refractivity contribution in [3.05, 3.63) is 63.6 Å². The molecule has 0 bridgehead atoms. The molecule has 1 saturated heterocycles. The summed E-state index contributed by atoms with van der Waals surface area (Å²) in [5.41, 5.74) is 1.32. The van der Waals surface area contributed by atoms with Crippen LogP contribution in [0.5, 0.6) is 11.5 Å². The van der Waals surface area contributed by atoms with Gasteiger partial charge in [0.15, 0.2) is 0 Å². The molecule has 2 aromatic carbocycles. The number of benzene rings is 2. The molecule has 1 atom stereocenters. The van der Waals surface area contributed by atoms with Gasteiger partial charge < -0.3 is 19.5 Å². The van der Waals surface area contributed by atoms with Gasteiger partial charge in [-0.25, -0.2) is 0 Å². The largest absolute Gasteiger partial charge is 0.507 e. The zero-order valence-corrected chi connectivity index (χ0v) is 20.6. The Morgan fingerprint density at radius 2 is 1.76 bits per heavy atom. The Morgan fingerprint density at radius 3 is 2.33 bits per heavy atom. The average molecular weight is 514 g/mol. The summed E-state index contributed by atoms with van der Waals surface area (Å²) in [5.74, 6) is -0.0759. The highest BCUT2D eigenvalue weighted by Crippen LogP contribution is 2.44. The number of carbonyl (C=O) groups excluding carboxylic acids is 2. The number of aliphatic hydroxyl groups excluding tert-OH is 1. The number of amides is 1. The first kappa shape index (κ1) is 23.4. The Morgan fingerprint density at radius 1 is 1.09 bits per heavy atom. The van der Waals surface area contributed by atoms with Crippen LogP contribution < -0.4 is 9.47 Å². The number of ether oxygens (including phenoxy) is 2. The van der Waals surface area contributed by atoms with E-state index in [2.05, 4.69) is 15.9 Å². The predicted molar refractivity (Wildman–Crippen MR) is 129 cm³/mol. The average Bonchev–Trinajstić information content (AvgIpc) is 3.40. The summed E-state index contributed by atoms with van der Waals surface area (Å²) in [4.78, 5) is 28.1. The number of hydrogen-bond donors (Lipinski definition) is 1. The number of methoxy groups -OCH3 is 1. The second-order valence-corrected chi connectivity index (χ2v) is 9.58. The topological polar surface area (TPSA) is 76.1 Å². The monoisotopic (exact) mass is 513 g/mol. The molecule has 1 heterocycles. The number of likely N-dealkylation sites (tertiary alicyclic amines) is 1. The van der Waals surface area contributed by atoms with E-state index in [1.165, 1.54) is 0 Å². The van der Waals surface area contributed by atoms with E-state index in [1.807, 2.05) is 38.1 Å². The van der Waals surface area contributed by atoms with Crippen LogP contribution >= 0.6 is 15.9 Å². The highest BCUT2D eigenvalue weighted by atomic mass is 79.9. The molecule has 1 amide bonds. The molecule has 2 aliphatic rings. The fourth-order valence-electron chi connectivity index (χ4n) is 4.71. The number of carbonyl (C=O) groups is 2. The van der Waals surface area contributed by atoms with Crippen molar-refractivity contribution in [3.8, 4) is 11.5 Å². The Balaban J connectivity index is 1.82. The number of Topliss-reactive ketones (excluding diaryl/α,β-unsaturated/α-hetero) is 1. The van der Waals surface area contributed by atoms with Crippen molar-refractivity contribution in [1.82, 2.24) is 4.90 Å². The predicted octanol–water partition coefficient (Wildman–Crippen LogP) is 5.61. The van der Waals surface area contributed by atoms with E-state index in [0.29, 0.717) is 21.5 Å². The van der Waals surface area contributed by atoms with Gasteiger partial charge in [0.25, 0.3) is 11.7 Å². The lowest BCUT2D eigenvalue weighted by atomic mass is 9.94. The number of ketones is 1. The van der Waals surface area contributed by atoms with E-state index in [0.717, 1.165) is 31.2 Å². The lowest BCUT2D eigenvalue weighted by Crippen LogP contribution is -2.37. The van der Waals surface area contributed by atoms with Crippen LogP contribution in [0.1, 0.15) is 56.7 Å². The molecule has 7 heteroatoms. The zero-order valence-electron chi connectivity index (χ0n) is 19.0. The van der Waals surface area contributed by atoms with E-state index >= 15 is 0 Å². The van der Waals surface area contributed by atoms with Gasteiger partial charge in [-0.15, -0.1) is 0 Å². The first-order valence-corrected chi connectivity index (χ1v) is 12.0. The smallest absolute Gasteiger partial charge is 0.295 e. The van der Waals surface area contributed by atoms with Crippen LogP contribution in [0.15, 0.2) is 52.5 Å². The third-order valence-corrected chi connectivity index (χ3v) is 6.81. The Bertz CT molecular complexity index is 1090. The van der Waals surface area contributed by atoms with Crippen molar-refractivity contribution >= 4 is 33.4 Å². The van der Waals surface area contributed by atoms with Crippen LogP contribution in [-0.2, 0) is 9.59 Å². The minimum absolute atomic E-state index is 0.0223. The van der Waals surface area contributed by atoms with Gasteiger partial charge in [-0.3, -0.25) is 9.59 Å². The summed E-state index contributed by atoms with van der Waals surface area (Å²) in [6.45, 7) is 3.91. The SMILES string of the molecule is COc1ccc(/C(O)=C2/C(=O)C(=O)N(C3CCCC3)C2c2ccc(OC(C)C)cc2)cc1Br. The van der Waals surface area contributed by atoms with Crippen molar-refractivity contribution in [2.24, 2.45) is 0 Å². The third kappa shape index (κ3) is 4.51. The van der Waals surface area contributed by atoms with Gasteiger partial charge >= 0.3 is 0 Å². The molecule has 1 aliphatic carbocycles. The van der Waals surface area contributed by atoms with Gasteiger partial charge in [-0.1, -0.05) is 25.0 Å². The lowest BCUT2D eigenvalue weighted by molar-refractivity contribution is -0.141. The van der Waals surface area contributed by atoms with Crippen molar-refractivity contribution in [2.45, 2.75) is 57.7 Å². The molecule has 2 aromatic rings. The van der Waals surface area contributed by atoms with Crippen molar-refractivity contribution in [2.75, 3.05) is 7.11 Å². The normalized spacial score (nSPS) is 20.6. The lowest BCUT2D eigenvalue weighted by Gasteiger charge is -2.31. The van der Waals surface area contributed by atoms with Crippen LogP contribution in [0, 0.1) is 0 Å². The van der Waals surface area contributed by atoms with Crippen LogP contribution in [0.25, 0.3) is 5.76 Å². The molecule has 6 nitrogen and oxygen atoms in total. The maximum absolute atomic E-state index is 13.2.